The van der Waals surface area contributed by atoms with Crippen molar-refractivity contribution in [3.05, 3.63) is 64.9 Å². The minimum Gasteiger partial charge on any atom is -0.377 e. The molecule has 1 aromatic heterocycles. The van der Waals surface area contributed by atoms with Gasteiger partial charge in [-0.05, 0) is 81.0 Å². The largest absolute Gasteiger partial charge is 0.377 e. The van der Waals surface area contributed by atoms with Crippen molar-refractivity contribution in [1.82, 2.24) is 10.1 Å². The van der Waals surface area contributed by atoms with Crippen molar-refractivity contribution >= 4 is 27.6 Å². The third kappa shape index (κ3) is 5.51. The maximum atomic E-state index is 13.8. The molecule has 2 aliphatic carbocycles. The predicted octanol–water partition coefficient (Wildman–Crippen LogP) is 6.54. The van der Waals surface area contributed by atoms with Crippen molar-refractivity contribution in [2.75, 3.05) is 11.3 Å². The van der Waals surface area contributed by atoms with Crippen LogP contribution in [0.25, 0.3) is 11.1 Å². The van der Waals surface area contributed by atoms with Crippen LogP contribution in [0, 0.1) is 19.3 Å². The molecular weight excluding hydrogens is 564 g/mol. The first-order valence-electron chi connectivity index (χ1n) is 15.3. The number of benzene rings is 2. The quantitative estimate of drug-likeness (QED) is 0.251. The first kappa shape index (κ1) is 29.6. The molecule has 3 aromatic rings. The van der Waals surface area contributed by atoms with Crippen molar-refractivity contribution < 1.29 is 22.5 Å². The van der Waals surface area contributed by atoms with E-state index in [0.717, 1.165) is 54.6 Å². The van der Waals surface area contributed by atoms with Gasteiger partial charge >= 0.3 is 0 Å². The second-order valence-electron chi connectivity index (χ2n) is 12.4. The Kier molecular flexibility index (Phi) is 7.71. The number of carbonyl (C=O) groups excluding carboxylic acids is 1. The number of nitrogens with zero attached hydrogens (tertiary/aromatic N) is 3. The zero-order valence-corrected chi connectivity index (χ0v) is 26.2. The summed E-state index contributed by atoms with van der Waals surface area (Å²) < 4.78 is 40.8. The van der Waals surface area contributed by atoms with E-state index < -0.39 is 15.6 Å². The summed E-state index contributed by atoms with van der Waals surface area (Å²) in [6.07, 6.45) is 7.02. The molecule has 2 aromatic carbocycles. The Labute approximate surface area is 253 Å². The van der Waals surface area contributed by atoms with Gasteiger partial charge in [0, 0.05) is 24.2 Å². The fraction of sp³-hybridized carbons (Fsp3) is 0.485. The van der Waals surface area contributed by atoms with E-state index in [2.05, 4.69) is 16.8 Å². The summed E-state index contributed by atoms with van der Waals surface area (Å²) in [5, 5.41) is 3.88. The zero-order chi connectivity index (χ0) is 30.4. The number of hydrogen-bond donors (Lipinski definition) is 1. The third-order valence-electron chi connectivity index (χ3n) is 9.17. The first-order chi connectivity index (χ1) is 20.6. The first-order valence-corrected chi connectivity index (χ1v) is 16.7. The minimum atomic E-state index is -3.99. The molecule has 2 spiro atoms. The van der Waals surface area contributed by atoms with Crippen LogP contribution in [0.3, 0.4) is 0 Å². The number of rotatable bonds is 12. The van der Waals surface area contributed by atoms with Crippen LogP contribution in [-0.2, 0) is 32.7 Å². The fourth-order valence-corrected chi connectivity index (χ4v) is 7.78. The molecule has 2 fully saturated rings. The average molecular weight is 605 g/mol. The molecule has 0 radical (unpaired) electrons. The number of ether oxygens (including phenoxy) is 1. The Bertz CT molecular complexity index is 1680. The van der Waals surface area contributed by atoms with Crippen LogP contribution in [0.2, 0.25) is 0 Å². The highest BCUT2D eigenvalue weighted by Gasteiger charge is 2.67. The van der Waals surface area contributed by atoms with Gasteiger partial charge in [0.25, 0.3) is 15.9 Å². The number of nitrogens with one attached hydrogen (secondary N) is 1. The van der Waals surface area contributed by atoms with Crippen LogP contribution in [0.5, 0.6) is 0 Å². The number of aliphatic imine (C=N–C) groups is 1. The van der Waals surface area contributed by atoms with Gasteiger partial charge in [-0.25, -0.2) is 8.42 Å². The number of aromatic nitrogens is 1. The number of amidine groups is 1. The van der Waals surface area contributed by atoms with Crippen molar-refractivity contribution in [2.45, 2.75) is 96.2 Å². The molecule has 1 aliphatic heterocycles. The zero-order valence-electron chi connectivity index (χ0n) is 25.4. The van der Waals surface area contributed by atoms with E-state index >= 15 is 0 Å². The number of aryl methyl sites for hydroxylation is 1. The van der Waals surface area contributed by atoms with Crippen LogP contribution in [0.1, 0.15) is 81.2 Å². The summed E-state index contributed by atoms with van der Waals surface area (Å²) in [5.41, 5.74) is 3.56. The number of carbonyl (C=O) groups is 1. The van der Waals surface area contributed by atoms with Gasteiger partial charge in [-0.15, -0.1) is 0 Å². The molecule has 1 amide bonds. The normalized spacial score (nSPS) is 18.3. The van der Waals surface area contributed by atoms with E-state index in [-0.39, 0.29) is 16.6 Å². The second kappa shape index (κ2) is 11.2. The summed E-state index contributed by atoms with van der Waals surface area (Å²) in [7, 11) is -3.99. The van der Waals surface area contributed by atoms with E-state index in [1.807, 2.05) is 36.1 Å². The van der Waals surface area contributed by atoms with Gasteiger partial charge in [0.2, 0.25) is 0 Å². The van der Waals surface area contributed by atoms with Crippen molar-refractivity contribution in [3.8, 4) is 11.1 Å². The van der Waals surface area contributed by atoms with Crippen molar-refractivity contribution in [3.63, 3.8) is 0 Å². The lowest BCUT2D eigenvalue weighted by molar-refractivity contribution is -0.137. The van der Waals surface area contributed by atoms with Gasteiger partial charge < -0.3 is 9.26 Å². The average Bonchev–Trinajstić information content (AvgIpc) is 3.65. The molecule has 10 heteroatoms. The van der Waals surface area contributed by atoms with Crippen LogP contribution in [0.15, 0.2) is 56.9 Å². The van der Waals surface area contributed by atoms with Gasteiger partial charge in [-0.3, -0.25) is 19.4 Å². The number of anilines is 1. The summed E-state index contributed by atoms with van der Waals surface area (Å²) in [6.45, 7) is 8.83. The molecule has 3 aliphatic rings. The molecule has 2 heterocycles. The molecule has 2 saturated carbocycles. The van der Waals surface area contributed by atoms with E-state index in [1.165, 1.54) is 12.8 Å². The van der Waals surface area contributed by atoms with E-state index in [0.29, 0.717) is 42.1 Å². The van der Waals surface area contributed by atoms with Crippen LogP contribution in [0.4, 0.5) is 5.82 Å². The van der Waals surface area contributed by atoms with Crippen LogP contribution in [-0.4, -0.2) is 42.4 Å². The van der Waals surface area contributed by atoms with Gasteiger partial charge in [0.1, 0.15) is 17.1 Å². The Morgan fingerprint density at radius 2 is 1.84 bits per heavy atom. The van der Waals surface area contributed by atoms with Crippen molar-refractivity contribution in [2.24, 2.45) is 10.4 Å². The van der Waals surface area contributed by atoms with Gasteiger partial charge in [-0.2, -0.15) is 0 Å². The summed E-state index contributed by atoms with van der Waals surface area (Å²) in [5.74, 6) is 1.76. The standard InChI is InChI=1S/C33H40N4O5S/c1-5-7-12-29-34-33(20-32(21-33)15-16-32)31(38)37(29)18-24-13-14-26(25(17-24)19-41-6-2)27-10-8-9-11-28(27)43(39,40)36-30-22(3)23(4)42-35-30/h8-11,13-14,17H,5-7,12,15-16,18-21H2,1-4H3,(H,35,36). The molecule has 0 unspecified atom stereocenters. The Hall–Kier alpha value is -3.50. The highest BCUT2D eigenvalue weighted by Crippen LogP contribution is 2.67. The molecule has 0 saturated heterocycles. The summed E-state index contributed by atoms with van der Waals surface area (Å²) >= 11 is 0. The lowest BCUT2D eigenvalue weighted by Gasteiger charge is -2.42. The molecule has 9 nitrogen and oxygen atoms in total. The van der Waals surface area contributed by atoms with E-state index in [9.17, 15) is 13.2 Å². The lowest BCUT2D eigenvalue weighted by Crippen LogP contribution is -2.51. The minimum absolute atomic E-state index is 0.130. The molecule has 0 atom stereocenters. The maximum absolute atomic E-state index is 13.8. The number of sulfonamides is 1. The van der Waals surface area contributed by atoms with Crippen molar-refractivity contribution in [1.29, 1.82) is 0 Å². The van der Waals surface area contributed by atoms with E-state index in [4.69, 9.17) is 14.3 Å². The lowest BCUT2D eigenvalue weighted by atomic mass is 9.65. The highest BCUT2D eigenvalue weighted by molar-refractivity contribution is 7.92. The van der Waals surface area contributed by atoms with Gasteiger partial charge in [-0.1, -0.05) is 54.9 Å². The summed E-state index contributed by atoms with van der Waals surface area (Å²) in [6, 6.07) is 12.9. The third-order valence-corrected chi connectivity index (χ3v) is 10.6. The molecular formula is C33H40N4O5S. The fourth-order valence-electron chi connectivity index (χ4n) is 6.50. The number of amides is 1. The van der Waals surface area contributed by atoms with Crippen LogP contribution >= 0.6 is 0 Å². The Balaban J connectivity index is 1.31. The predicted molar refractivity (Wildman–Crippen MR) is 165 cm³/mol. The highest BCUT2D eigenvalue weighted by atomic mass is 32.2. The molecule has 43 heavy (non-hydrogen) atoms. The second-order valence-corrected chi connectivity index (χ2v) is 14.0. The molecule has 0 bridgehead atoms. The van der Waals surface area contributed by atoms with Crippen LogP contribution < -0.4 is 4.72 Å². The maximum Gasteiger partial charge on any atom is 0.263 e. The monoisotopic (exact) mass is 604 g/mol. The smallest absolute Gasteiger partial charge is 0.263 e. The SMILES string of the molecule is CCCCC1=NC2(CC3(CC3)C2)C(=O)N1Cc1ccc(-c2ccccc2S(=O)(=O)Nc2noc(C)c2C)c(COCC)c1. The number of hydrogen-bond acceptors (Lipinski definition) is 7. The number of unbranched alkanes of at least 4 members (excludes halogenated alkanes) is 1. The Morgan fingerprint density at radius 1 is 1.07 bits per heavy atom. The molecule has 228 valence electrons. The molecule has 1 N–H and O–H groups in total. The van der Waals surface area contributed by atoms with Gasteiger partial charge in [0.05, 0.1) is 18.0 Å². The topological polar surface area (TPSA) is 114 Å². The Morgan fingerprint density at radius 3 is 2.51 bits per heavy atom. The summed E-state index contributed by atoms with van der Waals surface area (Å²) in [4.78, 5) is 20.9. The molecule has 6 rings (SSSR count). The van der Waals surface area contributed by atoms with E-state index in [1.54, 1.807) is 32.0 Å². The van der Waals surface area contributed by atoms with Gasteiger partial charge in [0.15, 0.2) is 5.82 Å².